The Labute approximate surface area is 159 Å². The first kappa shape index (κ1) is 16.5. The Balaban J connectivity index is 1.30. The fourth-order valence-electron chi connectivity index (χ4n) is 3.36. The summed E-state index contributed by atoms with van der Waals surface area (Å²) in [5, 5.41) is 6.45. The Morgan fingerprint density at radius 3 is 2.93 bits per heavy atom. The van der Waals surface area contributed by atoms with E-state index in [0.29, 0.717) is 13.2 Å². The molecule has 1 unspecified atom stereocenters. The third kappa shape index (κ3) is 3.24. The third-order valence-corrected chi connectivity index (χ3v) is 5.65. The van der Waals surface area contributed by atoms with E-state index in [1.54, 1.807) is 23.5 Å². The number of thiazole rings is 1. The molecule has 0 saturated carbocycles. The molecule has 0 aliphatic carbocycles. The average Bonchev–Trinajstić information content (AvgIpc) is 3.35. The van der Waals surface area contributed by atoms with E-state index < -0.39 is 0 Å². The number of nitrogens with one attached hydrogen (secondary N) is 1. The minimum atomic E-state index is -0.246. The monoisotopic (exact) mass is 384 g/mol. The Morgan fingerprint density at radius 1 is 1.07 bits per heavy atom. The fraction of sp³-hybridized carbons (Fsp3) is 0.250. The van der Waals surface area contributed by atoms with Crippen molar-refractivity contribution in [2.45, 2.75) is 19.0 Å². The largest absolute Gasteiger partial charge is 0.493 e. The normalized spacial score (nSPS) is 17.4. The van der Waals surface area contributed by atoms with Crippen molar-refractivity contribution in [3.05, 3.63) is 58.9 Å². The minimum absolute atomic E-state index is 0.0557. The minimum Gasteiger partial charge on any atom is -0.493 e. The van der Waals surface area contributed by atoms with Gasteiger partial charge < -0.3 is 19.5 Å². The van der Waals surface area contributed by atoms with Crippen LogP contribution in [0.3, 0.4) is 0 Å². The highest BCUT2D eigenvalue weighted by Crippen LogP contribution is 2.37. The van der Waals surface area contributed by atoms with E-state index in [9.17, 15) is 4.39 Å². The highest BCUT2D eigenvalue weighted by atomic mass is 32.1. The van der Waals surface area contributed by atoms with Crippen LogP contribution in [0.2, 0.25) is 0 Å². The van der Waals surface area contributed by atoms with E-state index >= 15 is 0 Å². The number of hydrogen-bond acceptors (Lipinski definition) is 6. The molecule has 0 saturated heterocycles. The van der Waals surface area contributed by atoms with Crippen LogP contribution in [0.5, 0.6) is 17.2 Å². The Kier molecular flexibility index (Phi) is 4.18. The lowest BCUT2D eigenvalue weighted by Crippen LogP contribution is -2.27. The molecular formula is C20H17FN2O3S. The molecule has 5 rings (SSSR count). The molecule has 1 aromatic heterocycles. The van der Waals surface area contributed by atoms with Crippen molar-refractivity contribution >= 4 is 11.3 Å². The highest BCUT2D eigenvalue weighted by Gasteiger charge is 2.22. The summed E-state index contributed by atoms with van der Waals surface area (Å²) in [4.78, 5) is 4.72. The summed E-state index contributed by atoms with van der Waals surface area (Å²) in [5.41, 5.74) is 2.83. The van der Waals surface area contributed by atoms with Gasteiger partial charge in [0, 0.05) is 35.5 Å². The third-order valence-electron chi connectivity index (χ3n) is 4.71. The van der Waals surface area contributed by atoms with Crippen molar-refractivity contribution in [1.29, 1.82) is 0 Å². The average molecular weight is 384 g/mol. The molecule has 0 fully saturated rings. The second-order valence-electron chi connectivity index (χ2n) is 6.46. The van der Waals surface area contributed by atoms with Crippen molar-refractivity contribution < 1.29 is 18.6 Å². The van der Waals surface area contributed by atoms with E-state index in [2.05, 4.69) is 5.32 Å². The van der Waals surface area contributed by atoms with Crippen molar-refractivity contribution in [2.75, 3.05) is 13.4 Å². The van der Waals surface area contributed by atoms with Gasteiger partial charge in [-0.2, -0.15) is 0 Å². The van der Waals surface area contributed by atoms with Gasteiger partial charge in [0.25, 0.3) is 0 Å². The maximum Gasteiger partial charge on any atom is 0.231 e. The standard InChI is InChI=1S/C20H17FN2O3S/c21-13-2-4-17-15(8-13)16(5-6-24-17)22-9-14-10-27-20(23-14)12-1-3-18-19(7-12)26-11-25-18/h1-4,7-8,10,16,22H,5-6,9,11H2. The van der Waals surface area contributed by atoms with Gasteiger partial charge in [-0.3, -0.25) is 0 Å². The van der Waals surface area contributed by atoms with Gasteiger partial charge in [-0.25, -0.2) is 9.37 Å². The van der Waals surface area contributed by atoms with Crippen LogP contribution in [0.15, 0.2) is 41.8 Å². The fourth-order valence-corrected chi connectivity index (χ4v) is 4.17. The van der Waals surface area contributed by atoms with Crippen molar-refractivity contribution in [3.63, 3.8) is 0 Å². The first-order valence-electron chi connectivity index (χ1n) is 8.76. The Morgan fingerprint density at radius 2 is 1.96 bits per heavy atom. The molecule has 138 valence electrons. The predicted octanol–water partition coefficient (Wildman–Crippen LogP) is 4.29. The number of fused-ring (bicyclic) bond motifs is 2. The lowest BCUT2D eigenvalue weighted by atomic mass is 10.0. The molecule has 5 nitrogen and oxygen atoms in total. The van der Waals surface area contributed by atoms with E-state index in [4.69, 9.17) is 19.2 Å². The van der Waals surface area contributed by atoms with Crippen LogP contribution in [0.1, 0.15) is 23.7 Å². The summed E-state index contributed by atoms with van der Waals surface area (Å²) in [6, 6.07) is 10.6. The molecule has 0 amide bonds. The number of ether oxygens (including phenoxy) is 3. The zero-order chi connectivity index (χ0) is 18.2. The Hall–Kier alpha value is -2.64. The molecule has 1 atom stereocenters. The summed E-state index contributed by atoms with van der Waals surface area (Å²) < 4.78 is 30.0. The highest BCUT2D eigenvalue weighted by molar-refractivity contribution is 7.13. The second kappa shape index (κ2) is 6.83. The van der Waals surface area contributed by atoms with Crippen LogP contribution in [0.4, 0.5) is 4.39 Å². The number of hydrogen-bond donors (Lipinski definition) is 1. The van der Waals surface area contributed by atoms with Gasteiger partial charge in [0.05, 0.1) is 12.3 Å². The van der Waals surface area contributed by atoms with Crippen molar-refractivity contribution in [2.24, 2.45) is 0 Å². The lowest BCUT2D eigenvalue weighted by Gasteiger charge is -2.26. The molecule has 3 aromatic rings. The quantitative estimate of drug-likeness (QED) is 0.727. The van der Waals surface area contributed by atoms with Gasteiger partial charge >= 0.3 is 0 Å². The maximum atomic E-state index is 13.6. The molecule has 3 heterocycles. The maximum absolute atomic E-state index is 13.6. The number of rotatable bonds is 4. The number of aromatic nitrogens is 1. The van der Waals surface area contributed by atoms with Crippen LogP contribution in [0, 0.1) is 5.82 Å². The van der Waals surface area contributed by atoms with Crippen molar-refractivity contribution in [1.82, 2.24) is 10.3 Å². The molecule has 1 N–H and O–H groups in total. The zero-order valence-corrected chi connectivity index (χ0v) is 15.2. The Bertz CT molecular complexity index is 991. The van der Waals surface area contributed by atoms with E-state index in [0.717, 1.165) is 45.5 Å². The zero-order valence-electron chi connectivity index (χ0n) is 14.4. The van der Waals surface area contributed by atoms with Crippen molar-refractivity contribution in [3.8, 4) is 27.8 Å². The molecule has 27 heavy (non-hydrogen) atoms. The van der Waals surface area contributed by atoms with Crippen LogP contribution in [-0.2, 0) is 6.54 Å². The summed E-state index contributed by atoms with van der Waals surface area (Å²) in [6.45, 7) is 1.50. The topological polar surface area (TPSA) is 52.6 Å². The molecular weight excluding hydrogens is 367 g/mol. The van der Waals surface area contributed by atoms with E-state index in [-0.39, 0.29) is 18.7 Å². The first-order valence-corrected chi connectivity index (χ1v) is 9.64. The second-order valence-corrected chi connectivity index (χ2v) is 7.32. The SMILES string of the molecule is Fc1ccc2c(c1)C(NCc1csc(-c3ccc4c(c3)OCO4)n1)CCO2. The van der Waals surface area contributed by atoms with Crippen LogP contribution in [-0.4, -0.2) is 18.4 Å². The smallest absolute Gasteiger partial charge is 0.231 e. The molecule has 2 aliphatic heterocycles. The first-order chi connectivity index (χ1) is 13.3. The van der Waals surface area contributed by atoms with Gasteiger partial charge in [0.2, 0.25) is 6.79 Å². The van der Waals surface area contributed by atoms with E-state index in [1.165, 1.54) is 6.07 Å². The molecule has 0 radical (unpaired) electrons. The lowest BCUT2D eigenvalue weighted by molar-refractivity contribution is 0.174. The van der Waals surface area contributed by atoms with Gasteiger partial charge in [-0.1, -0.05) is 0 Å². The molecule has 2 aliphatic rings. The predicted molar refractivity (Wildman–Crippen MR) is 99.8 cm³/mol. The number of benzene rings is 2. The van der Waals surface area contributed by atoms with E-state index in [1.807, 2.05) is 23.6 Å². The summed E-state index contributed by atoms with van der Waals surface area (Å²) in [6.07, 6.45) is 0.801. The number of halogens is 1. The van der Waals surface area contributed by atoms with Crippen LogP contribution in [0.25, 0.3) is 10.6 Å². The van der Waals surface area contributed by atoms with Gasteiger partial charge in [-0.05, 0) is 36.4 Å². The number of nitrogens with zero attached hydrogens (tertiary/aromatic N) is 1. The van der Waals surface area contributed by atoms with Crippen LogP contribution >= 0.6 is 11.3 Å². The molecule has 0 spiro atoms. The molecule has 0 bridgehead atoms. The summed E-state index contributed by atoms with van der Waals surface area (Å²) >= 11 is 1.59. The van der Waals surface area contributed by atoms with Crippen LogP contribution < -0.4 is 19.5 Å². The van der Waals surface area contributed by atoms with Gasteiger partial charge in [0.1, 0.15) is 16.6 Å². The summed E-state index contributed by atoms with van der Waals surface area (Å²) in [5.74, 6) is 2.02. The van der Waals surface area contributed by atoms with Gasteiger partial charge in [0.15, 0.2) is 11.5 Å². The summed E-state index contributed by atoms with van der Waals surface area (Å²) in [7, 11) is 0. The van der Waals surface area contributed by atoms with Gasteiger partial charge in [-0.15, -0.1) is 11.3 Å². The molecule has 2 aromatic carbocycles. The molecule has 7 heteroatoms.